The molecule has 0 aliphatic carbocycles. The number of benzene rings is 2. The van der Waals surface area contributed by atoms with Gasteiger partial charge >= 0.3 is 0 Å². The molecule has 0 bridgehead atoms. The topological polar surface area (TPSA) is 48.1 Å². The third-order valence-electron chi connectivity index (χ3n) is 3.44. The number of rotatable bonds is 4. The van der Waals surface area contributed by atoms with E-state index < -0.39 is 0 Å². The normalized spacial score (nSPS) is 10.4. The zero-order chi connectivity index (χ0) is 15.4. The molecule has 3 rings (SSSR count). The van der Waals surface area contributed by atoms with Gasteiger partial charge in [0.25, 0.3) is 0 Å². The van der Waals surface area contributed by atoms with Gasteiger partial charge in [0.1, 0.15) is 6.61 Å². The van der Waals surface area contributed by atoms with Gasteiger partial charge in [0.15, 0.2) is 0 Å². The van der Waals surface area contributed by atoms with Crippen LogP contribution in [0.1, 0.15) is 11.3 Å². The van der Waals surface area contributed by atoms with Crippen molar-refractivity contribution < 1.29 is 4.74 Å². The minimum absolute atomic E-state index is 0.499. The van der Waals surface area contributed by atoms with Gasteiger partial charge in [-0.1, -0.05) is 42.5 Å². The first-order valence-corrected chi connectivity index (χ1v) is 7.22. The van der Waals surface area contributed by atoms with Crippen LogP contribution >= 0.6 is 0 Å². The van der Waals surface area contributed by atoms with Gasteiger partial charge in [-0.25, -0.2) is 4.98 Å². The first-order chi connectivity index (χ1) is 10.7. The van der Waals surface area contributed by atoms with Crippen LogP contribution in [-0.4, -0.2) is 4.98 Å². The van der Waals surface area contributed by atoms with E-state index in [1.165, 1.54) is 0 Å². The molecule has 0 saturated carbocycles. The Labute approximate surface area is 130 Å². The fraction of sp³-hybridized carbons (Fsp3) is 0.105. The Morgan fingerprint density at radius 2 is 1.64 bits per heavy atom. The lowest BCUT2D eigenvalue weighted by atomic mass is 10.1. The van der Waals surface area contributed by atoms with E-state index in [1.807, 2.05) is 73.7 Å². The predicted molar refractivity (Wildman–Crippen MR) is 89.6 cm³/mol. The summed E-state index contributed by atoms with van der Waals surface area (Å²) in [6, 6.07) is 21.8. The van der Waals surface area contributed by atoms with Crippen LogP contribution in [0.5, 0.6) is 5.88 Å². The average molecular weight is 290 g/mol. The molecule has 22 heavy (non-hydrogen) atoms. The average Bonchev–Trinajstić information content (AvgIpc) is 2.55. The Morgan fingerprint density at radius 1 is 0.909 bits per heavy atom. The molecule has 0 aliphatic rings. The second-order valence-electron chi connectivity index (χ2n) is 5.20. The lowest BCUT2D eigenvalue weighted by molar-refractivity contribution is 0.295. The van der Waals surface area contributed by atoms with Gasteiger partial charge in [-0.15, -0.1) is 0 Å². The second kappa shape index (κ2) is 6.31. The number of nitrogen functional groups attached to an aromatic ring is 1. The molecule has 1 heterocycles. The van der Waals surface area contributed by atoms with Crippen LogP contribution in [-0.2, 0) is 6.61 Å². The monoisotopic (exact) mass is 290 g/mol. The van der Waals surface area contributed by atoms with Gasteiger partial charge in [0.05, 0.1) is 0 Å². The number of ether oxygens (including phenoxy) is 1. The Kier molecular flexibility index (Phi) is 4.05. The molecule has 2 N–H and O–H groups in total. The lowest BCUT2D eigenvalue weighted by Crippen LogP contribution is -2.00. The van der Waals surface area contributed by atoms with Crippen LogP contribution in [0.25, 0.3) is 11.1 Å². The number of aryl methyl sites for hydroxylation is 1. The van der Waals surface area contributed by atoms with Crippen LogP contribution in [0.15, 0.2) is 66.7 Å². The smallest absolute Gasteiger partial charge is 0.221 e. The van der Waals surface area contributed by atoms with Crippen molar-refractivity contribution in [1.29, 1.82) is 0 Å². The third-order valence-corrected chi connectivity index (χ3v) is 3.44. The third kappa shape index (κ3) is 3.26. The largest absolute Gasteiger partial charge is 0.472 e. The number of hydrogen-bond acceptors (Lipinski definition) is 3. The summed E-state index contributed by atoms with van der Waals surface area (Å²) in [5.74, 6) is 0.647. The highest BCUT2D eigenvalue weighted by molar-refractivity contribution is 5.70. The summed E-state index contributed by atoms with van der Waals surface area (Å²) in [5.41, 5.74) is 10.6. The Bertz CT molecular complexity index is 752. The van der Waals surface area contributed by atoms with Crippen molar-refractivity contribution in [2.24, 2.45) is 0 Å². The van der Waals surface area contributed by atoms with E-state index >= 15 is 0 Å². The molecule has 0 saturated heterocycles. The maximum Gasteiger partial charge on any atom is 0.221 e. The fourth-order valence-electron chi connectivity index (χ4n) is 2.25. The quantitative estimate of drug-likeness (QED) is 0.732. The van der Waals surface area contributed by atoms with Crippen LogP contribution in [0, 0.1) is 6.92 Å². The molecule has 3 heteroatoms. The van der Waals surface area contributed by atoms with E-state index in [4.69, 9.17) is 10.5 Å². The van der Waals surface area contributed by atoms with Gasteiger partial charge in [0.2, 0.25) is 5.88 Å². The summed E-state index contributed by atoms with van der Waals surface area (Å²) in [7, 11) is 0. The van der Waals surface area contributed by atoms with E-state index in [9.17, 15) is 0 Å². The summed E-state index contributed by atoms with van der Waals surface area (Å²) in [5, 5.41) is 0. The van der Waals surface area contributed by atoms with E-state index in [0.29, 0.717) is 12.5 Å². The maximum atomic E-state index is 5.95. The molecule has 0 atom stereocenters. The van der Waals surface area contributed by atoms with Crippen molar-refractivity contribution in [3.63, 3.8) is 0 Å². The number of nitrogens with zero attached hydrogens (tertiary/aromatic N) is 1. The number of hydrogen-bond donors (Lipinski definition) is 1. The van der Waals surface area contributed by atoms with Gasteiger partial charge in [0, 0.05) is 16.9 Å². The number of nitrogens with two attached hydrogens (primary N) is 1. The van der Waals surface area contributed by atoms with E-state index in [0.717, 1.165) is 28.1 Å². The number of aromatic nitrogens is 1. The highest BCUT2D eigenvalue weighted by atomic mass is 16.5. The molecular weight excluding hydrogens is 272 g/mol. The Morgan fingerprint density at radius 3 is 2.36 bits per heavy atom. The van der Waals surface area contributed by atoms with Crippen LogP contribution in [0.3, 0.4) is 0 Å². The van der Waals surface area contributed by atoms with Crippen molar-refractivity contribution in [3.8, 4) is 17.0 Å². The standard InChI is InChI=1S/C19H18N2O/c1-14-7-12-18(16-8-10-17(20)11-9-16)19(21-14)22-13-15-5-3-2-4-6-15/h2-12H,13,20H2,1H3. The van der Waals surface area contributed by atoms with Crippen molar-refractivity contribution in [2.45, 2.75) is 13.5 Å². The molecule has 0 spiro atoms. The van der Waals surface area contributed by atoms with Crippen LogP contribution < -0.4 is 10.5 Å². The van der Waals surface area contributed by atoms with E-state index in [2.05, 4.69) is 4.98 Å². The van der Waals surface area contributed by atoms with Crippen LogP contribution in [0.4, 0.5) is 5.69 Å². The minimum atomic E-state index is 0.499. The van der Waals surface area contributed by atoms with Gasteiger partial charge in [-0.2, -0.15) is 0 Å². The summed E-state index contributed by atoms with van der Waals surface area (Å²) in [6.45, 7) is 2.46. The molecule has 110 valence electrons. The van der Waals surface area contributed by atoms with Crippen LogP contribution in [0.2, 0.25) is 0 Å². The molecule has 0 amide bonds. The molecule has 0 fully saturated rings. The predicted octanol–water partition coefficient (Wildman–Crippen LogP) is 4.22. The molecule has 0 aliphatic heterocycles. The highest BCUT2D eigenvalue weighted by Gasteiger charge is 2.09. The molecule has 3 aromatic rings. The zero-order valence-electron chi connectivity index (χ0n) is 12.5. The second-order valence-corrected chi connectivity index (χ2v) is 5.20. The minimum Gasteiger partial charge on any atom is -0.472 e. The molecule has 1 aromatic heterocycles. The first-order valence-electron chi connectivity index (χ1n) is 7.22. The molecule has 0 unspecified atom stereocenters. The lowest BCUT2D eigenvalue weighted by Gasteiger charge is -2.12. The first kappa shape index (κ1) is 14.1. The van der Waals surface area contributed by atoms with Crippen molar-refractivity contribution >= 4 is 5.69 Å². The highest BCUT2D eigenvalue weighted by Crippen LogP contribution is 2.29. The van der Waals surface area contributed by atoms with Crippen molar-refractivity contribution in [2.75, 3.05) is 5.73 Å². The number of anilines is 1. The van der Waals surface area contributed by atoms with Gasteiger partial charge in [-0.05, 0) is 42.3 Å². The van der Waals surface area contributed by atoms with Gasteiger partial charge < -0.3 is 10.5 Å². The number of pyridine rings is 1. The van der Waals surface area contributed by atoms with E-state index in [1.54, 1.807) is 0 Å². The zero-order valence-corrected chi connectivity index (χ0v) is 12.5. The van der Waals surface area contributed by atoms with Gasteiger partial charge in [-0.3, -0.25) is 0 Å². The Balaban J connectivity index is 1.89. The summed E-state index contributed by atoms with van der Waals surface area (Å²) < 4.78 is 5.95. The fourth-order valence-corrected chi connectivity index (χ4v) is 2.25. The maximum absolute atomic E-state index is 5.95. The summed E-state index contributed by atoms with van der Waals surface area (Å²) >= 11 is 0. The van der Waals surface area contributed by atoms with E-state index in [-0.39, 0.29) is 0 Å². The Hall–Kier alpha value is -2.81. The SMILES string of the molecule is Cc1ccc(-c2ccc(N)cc2)c(OCc2ccccc2)n1. The summed E-state index contributed by atoms with van der Waals surface area (Å²) in [6.07, 6.45) is 0. The molecule has 0 radical (unpaired) electrons. The molecule has 2 aromatic carbocycles. The molecule has 3 nitrogen and oxygen atoms in total. The summed E-state index contributed by atoms with van der Waals surface area (Å²) in [4.78, 5) is 4.53. The van der Waals surface area contributed by atoms with Crippen molar-refractivity contribution in [1.82, 2.24) is 4.98 Å². The van der Waals surface area contributed by atoms with Crippen molar-refractivity contribution in [3.05, 3.63) is 78.0 Å². The molecular formula is C19H18N2O.